The van der Waals surface area contributed by atoms with Crippen LogP contribution in [0, 0.1) is 0 Å². The fourth-order valence-corrected chi connectivity index (χ4v) is 0.877. The second-order valence-electron chi connectivity index (χ2n) is 2.36. The van der Waals surface area contributed by atoms with Gasteiger partial charge in [0, 0.05) is 18.6 Å². The Hall–Kier alpha value is -0.540. The van der Waals surface area contributed by atoms with Crippen LogP contribution < -0.4 is 5.32 Å². The van der Waals surface area contributed by atoms with E-state index in [4.69, 9.17) is 11.6 Å². The molecule has 0 aliphatic carbocycles. The first-order chi connectivity index (χ1) is 5.06. The van der Waals surface area contributed by atoms with Crippen LogP contribution in [0.5, 0.6) is 0 Å². The highest BCUT2D eigenvalue weighted by atomic mass is 35.5. The maximum atomic E-state index is 10.8. The zero-order valence-corrected chi connectivity index (χ0v) is 7.61. The molecule has 0 rings (SSSR count). The molecule has 3 nitrogen and oxygen atoms in total. The van der Waals surface area contributed by atoms with Crippen LogP contribution in [0.15, 0.2) is 11.6 Å². The number of carbonyl (C=O) groups is 1. The summed E-state index contributed by atoms with van der Waals surface area (Å²) in [7, 11) is 3.41. The molecule has 4 heteroatoms. The number of nitrogens with one attached hydrogen (secondary N) is 1. The summed E-state index contributed by atoms with van der Waals surface area (Å²) in [5.41, 5.74) is 0. The number of rotatable bonds is 4. The zero-order valence-electron chi connectivity index (χ0n) is 6.85. The number of hydrogen-bond acceptors (Lipinski definition) is 2. The molecule has 1 N–H and O–H groups in total. The predicted octanol–water partition coefficient (Wildman–Crippen LogP) is 0.417. The number of carbonyl (C=O) groups excluding carboxylic acids is 1. The van der Waals surface area contributed by atoms with E-state index in [1.807, 2.05) is 7.05 Å². The summed E-state index contributed by atoms with van der Waals surface area (Å²) in [4.78, 5) is 12.6. The van der Waals surface area contributed by atoms with E-state index in [0.29, 0.717) is 18.1 Å². The van der Waals surface area contributed by atoms with Crippen molar-refractivity contribution in [3.8, 4) is 0 Å². The third kappa shape index (κ3) is 5.88. The highest BCUT2D eigenvalue weighted by Gasteiger charge is 2.03. The molecule has 0 aromatic heterocycles. The highest BCUT2D eigenvalue weighted by Crippen LogP contribution is 1.97. The molecule has 0 bridgehead atoms. The number of hydrogen-bond donors (Lipinski definition) is 1. The minimum Gasteiger partial charge on any atom is -0.358 e. The summed E-state index contributed by atoms with van der Waals surface area (Å²) in [6.45, 7) is 4.41. The zero-order chi connectivity index (χ0) is 8.85. The van der Waals surface area contributed by atoms with Gasteiger partial charge in [-0.05, 0) is 7.05 Å². The molecule has 0 saturated heterocycles. The SMILES string of the molecule is C=C(Cl)CN(C)CC(=O)NC. The molecular weight excluding hydrogens is 164 g/mol. The van der Waals surface area contributed by atoms with Crippen molar-refractivity contribution >= 4 is 17.5 Å². The van der Waals surface area contributed by atoms with Gasteiger partial charge in [-0.3, -0.25) is 9.69 Å². The molecule has 0 unspecified atom stereocenters. The molecule has 0 saturated carbocycles. The van der Waals surface area contributed by atoms with Crippen molar-refractivity contribution in [3.63, 3.8) is 0 Å². The van der Waals surface area contributed by atoms with E-state index in [1.165, 1.54) is 0 Å². The van der Waals surface area contributed by atoms with E-state index >= 15 is 0 Å². The quantitative estimate of drug-likeness (QED) is 0.674. The summed E-state index contributed by atoms with van der Waals surface area (Å²) in [6, 6.07) is 0. The van der Waals surface area contributed by atoms with E-state index in [1.54, 1.807) is 11.9 Å². The van der Waals surface area contributed by atoms with Gasteiger partial charge < -0.3 is 5.32 Å². The minimum absolute atomic E-state index is 0.0228. The summed E-state index contributed by atoms with van der Waals surface area (Å²) in [5.74, 6) is -0.0228. The largest absolute Gasteiger partial charge is 0.358 e. The number of nitrogens with zero attached hydrogens (tertiary/aromatic N) is 1. The fourth-order valence-electron chi connectivity index (χ4n) is 0.673. The molecule has 0 radical (unpaired) electrons. The molecule has 0 heterocycles. The topological polar surface area (TPSA) is 32.3 Å². The molecule has 0 atom stereocenters. The van der Waals surface area contributed by atoms with E-state index in [9.17, 15) is 4.79 Å². The lowest BCUT2D eigenvalue weighted by molar-refractivity contribution is -0.121. The number of halogens is 1. The Labute approximate surface area is 72.0 Å². The van der Waals surface area contributed by atoms with Crippen molar-refractivity contribution < 1.29 is 4.79 Å². The number of likely N-dealkylation sites (N-methyl/N-ethyl adjacent to an activating group) is 2. The van der Waals surface area contributed by atoms with E-state index < -0.39 is 0 Å². The normalized spacial score (nSPS) is 9.82. The van der Waals surface area contributed by atoms with Gasteiger partial charge in [0.1, 0.15) is 0 Å². The molecule has 64 valence electrons. The van der Waals surface area contributed by atoms with Crippen molar-refractivity contribution in [1.82, 2.24) is 10.2 Å². The van der Waals surface area contributed by atoms with Crippen LogP contribution >= 0.6 is 11.6 Å². The van der Waals surface area contributed by atoms with Crippen molar-refractivity contribution in [2.75, 3.05) is 27.2 Å². The maximum absolute atomic E-state index is 10.8. The minimum atomic E-state index is -0.0228. The van der Waals surface area contributed by atoms with E-state index in [0.717, 1.165) is 0 Å². The monoisotopic (exact) mass is 176 g/mol. The Morgan fingerprint density at radius 1 is 1.64 bits per heavy atom. The van der Waals surface area contributed by atoms with Gasteiger partial charge >= 0.3 is 0 Å². The second-order valence-corrected chi connectivity index (χ2v) is 2.90. The Balaban J connectivity index is 3.60. The van der Waals surface area contributed by atoms with Crippen LogP contribution in [0.4, 0.5) is 0 Å². The third-order valence-electron chi connectivity index (χ3n) is 1.13. The average molecular weight is 177 g/mol. The smallest absolute Gasteiger partial charge is 0.233 e. The highest BCUT2D eigenvalue weighted by molar-refractivity contribution is 6.29. The van der Waals surface area contributed by atoms with Crippen molar-refractivity contribution in [2.45, 2.75) is 0 Å². The van der Waals surface area contributed by atoms with Gasteiger partial charge in [0.25, 0.3) is 0 Å². The van der Waals surface area contributed by atoms with Crippen LogP contribution in [-0.2, 0) is 4.79 Å². The molecule has 11 heavy (non-hydrogen) atoms. The second kappa shape index (κ2) is 5.16. The van der Waals surface area contributed by atoms with E-state index in [2.05, 4.69) is 11.9 Å². The van der Waals surface area contributed by atoms with Gasteiger partial charge in [0.15, 0.2) is 0 Å². The summed E-state index contributed by atoms with van der Waals surface area (Å²) >= 11 is 5.53. The van der Waals surface area contributed by atoms with Gasteiger partial charge in [-0.25, -0.2) is 0 Å². The molecule has 0 aromatic rings. The molecule has 0 spiro atoms. The van der Waals surface area contributed by atoms with Crippen LogP contribution in [-0.4, -0.2) is 38.0 Å². The lowest BCUT2D eigenvalue weighted by Crippen LogP contribution is -2.33. The van der Waals surface area contributed by atoms with Gasteiger partial charge in [0.05, 0.1) is 6.54 Å². The van der Waals surface area contributed by atoms with Crippen LogP contribution in [0.2, 0.25) is 0 Å². The predicted molar refractivity (Wildman–Crippen MR) is 46.6 cm³/mol. The third-order valence-corrected chi connectivity index (χ3v) is 1.25. The maximum Gasteiger partial charge on any atom is 0.233 e. The van der Waals surface area contributed by atoms with Crippen molar-refractivity contribution in [1.29, 1.82) is 0 Å². The van der Waals surface area contributed by atoms with Crippen molar-refractivity contribution in [2.24, 2.45) is 0 Å². The Morgan fingerprint density at radius 3 is 2.55 bits per heavy atom. The Morgan fingerprint density at radius 2 is 2.18 bits per heavy atom. The van der Waals surface area contributed by atoms with Gasteiger partial charge in [-0.1, -0.05) is 18.2 Å². The Bertz CT molecular complexity index is 159. The van der Waals surface area contributed by atoms with Crippen LogP contribution in [0.3, 0.4) is 0 Å². The average Bonchev–Trinajstić information content (AvgIpc) is 1.85. The first-order valence-electron chi connectivity index (χ1n) is 3.28. The standard InChI is InChI=1S/C7H13ClN2O/c1-6(8)4-10(3)5-7(11)9-2/h1,4-5H2,2-3H3,(H,9,11). The summed E-state index contributed by atoms with van der Waals surface area (Å²) in [6.07, 6.45) is 0. The van der Waals surface area contributed by atoms with Crippen LogP contribution in [0.1, 0.15) is 0 Å². The lowest BCUT2D eigenvalue weighted by Gasteiger charge is -2.13. The molecule has 0 fully saturated rings. The first kappa shape index (κ1) is 10.5. The lowest BCUT2D eigenvalue weighted by atomic mass is 10.5. The van der Waals surface area contributed by atoms with Gasteiger partial charge in [-0.15, -0.1) is 0 Å². The van der Waals surface area contributed by atoms with Crippen molar-refractivity contribution in [3.05, 3.63) is 11.6 Å². The molecule has 1 amide bonds. The molecule has 0 aromatic carbocycles. The summed E-state index contributed by atoms with van der Waals surface area (Å²) < 4.78 is 0. The first-order valence-corrected chi connectivity index (χ1v) is 3.66. The van der Waals surface area contributed by atoms with Crippen LogP contribution in [0.25, 0.3) is 0 Å². The van der Waals surface area contributed by atoms with E-state index in [-0.39, 0.29) is 5.91 Å². The Kier molecular flexibility index (Phi) is 4.90. The number of amides is 1. The van der Waals surface area contributed by atoms with Gasteiger partial charge in [0.2, 0.25) is 5.91 Å². The fraction of sp³-hybridized carbons (Fsp3) is 0.571. The summed E-state index contributed by atoms with van der Waals surface area (Å²) in [5, 5.41) is 3.05. The van der Waals surface area contributed by atoms with Gasteiger partial charge in [-0.2, -0.15) is 0 Å². The molecule has 0 aliphatic rings. The molecule has 0 aliphatic heterocycles. The molecular formula is C7H13ClN2O.